The number of hydrogen-bond acceptors (Lipinski definition) is 5. The number of benzene rings is 1. The standard InChI is InChI=1S/C21H17N5O2S/c1-25-21(26-10-4-5-11-26)15(13-23-25)19(27)22-12-14-8-9-17(28-14)20-24-16-6-2-3-7-18(16)29-20/h2-11,13H,12H2,1H3,(H,22,27). The third kappa shape index (κ3) is 3.23. The molecule has 1 N–H and O–H groups in total. The molecule has 29 heavy (non-hydrogen) atoms. The first kappa shape index (κ1) is 17.4. The van der Waals surface area contributed by atoms with Gasteiger partial charge in [0.1, 0.15) is 17.1 Å². The second-order valence-corrected chi connectivity index (χ2v) is 7.56. The van der Waals surface area contributed by atoms with Crippen molar-refractivity contribution in [2.45, 2.75) is 6.54 Å². The number of hydrogen-bond donors (Lipinski definition) is 1. The Balaban J connectivity index is 1.32. The molecule has 0 saturated carbocycles. The highest BCUT2D eigenvalue weighted by Gasteiger charge is 2.18. The lowest BCUT2D eigenvalue weighted by molar-refractivity contribution is 0.0948. The van der Waals surface area contributed by atoms with Crippen molar-refractivity contribution in [1.82, 2.24) is 24.6 Å². The van der Waals surface area contributed by atoms with Gasteiger partial charge in [-0.05, 0) is 36.4 Å². The molecule has 5 aromatic rings. The van der Waals surface area contributed by atoms with Gasteiger partial charge < -0.3 is 14.3 Å². The van der Waals surface area contributed by atoms with Gasteiger partial charge in [0.05, 0.1) is 23.0 Å². The Kier molecular flexibility index (Phi) is 4.25. The summed E-state index contributed by atoms with van der Waals surface area (Å²) >= 11 is 1.58. The zero-order valence-corrected chi connectivity index (χ0v) is 16.4. The van der Waals surface area contributed by atoms with Crippen LogP contribution in [0.5, 0.6) is 0 Å². The Morgan fingerprint density at radius 2 is 1.97 bits per heavy atom. The number of furan rings is 1. The molecule has 1 amide bonds. The van der Waals surface area contributed by atoms with Gasteiger partial charge >= 0.3 is 0 Å². The van der Waals surface area contributed by atoms with Gasteiger partial charge in [-0.15, -0.1) is 11.3 Å². The van der Waals surface area contributed by atoms with Gasteiger partial charge in [-0.2, -0.15) is 5.10 Å². The molecule has 1 aromatic carbocycles. The van der Waals surface area contributed by atoms with Crippen molar-refractivity contribution in [1.29, 1.82) is 0 Å². The number of thiazole rings is 1. The molecule has 0 bridgehead atoms. The molecule has 5 rings (SSSR count). The zero-order chi connectivity index (χ0) is 19.8. The average molecular weight is 403 g/mol. The quantitative estimate of drug-likeness (QED) is 0.481. The summed E-state index contributed by atoms with van der Waals surface area (Å²) in [6, 6.07) is 15.5. The molecule has 4 heterocycles. The van der Waals surface area contributed by atoms with Gasteiger partial charge in [-0.25, -0.2) is 4.98 Å². The highest BCUT2D eigenvalue weighted by molar-refractivity contribution is 7.21. The van der Waals surface area contributed by atoms with Crippen molar-refractivity contribution in [3.05, 3.63) is 78.4 Å². The number of amides is 1. The van der Waals surface area contributed by atoms with Crippen LogP contribution in [0.3, 0.4) is 0 Å². The van der Waals surface area contributed by atoms with Crippen molar-refractivity contribution in [3.63, 3.8) is 0 Å². The number of nitrogens with one attached hydrogen (secondary N) is 1. The van der Waals surface area contributed by atoms with Crippen LogP contribution in [0.25, 0.3) is 26.8 Å². The van der Waals surface area contributed by atoms with E-state index < -0.39 is 0 Å². The first-order valence-corrected chi connectivity index (χ1v) is 9.89. The molecule has 0 aliphatic rings. The summed E-state index contributed by atoms with van der Waals surface area (Å²) in [6.45, 7) is 0.281. The molecule has 0 saturated heterocycles. The van der Waals surface area contributed by atoms with Crippen LogP contribution in [0, 0.1) is 0 Å². The fraction of sp³-hybridized carbons (Fsp3) is 0.0952. The molecule has 4 aromatic heterocycles. The van der Waals surface area contributed by atoms with Crippen LogP contribution in [0.4, 0.5) is 0 Å². The smallest absolute Gasteiger partial charge is 0.257 e. The van der Waals surface area contributed by atoms with Crippen LogP contribution in [0.15, 0.2) is 71.5 Å². The van der Waals surface area contributed by atoms with E-state index in [9.17, 15) is 4.79 Å². The molecule has 8 heteroatoms. The molecule has 0 radical (unpaired) electrons. The summed E-state index contributed by atoms with van der Waals surface area (Å²) < 4.78 is 10.5. The number of rotatable bonds is 5. The predicted octanol–water partition coefficient (Wildman–Crippen LogP) is 4.01. The molecule has 0 aliphatic heterocycles. The topological polar surface area (TPSA) is 77.9 Å². The number of carbonyl (C=O) groups is 1. The molecule has 0 fully saturated rings. The molecule has 0 aliphatic carbocycles. The Morgan fingerprint density at radius 1 is 1.14 bits per heavy atom. The summed E-state index contributed by atoms with van der Waals surface area (Å²) in [5, 5.41) is 7.95. The van der Waals surface area contributed by atoms with Crippen molar-refractivity contribution < 1.29 is 9.21 Å². The van der Waals surface area contributed by atoms with E-state index in [-0.39, 0.29) is 12.5 Å². The maximum atomic E-state index is 12.7. The summed E-state index contributed by atoms with van der Waals surface area (Å²) in [5.41, 5.74) is 1.45. The number of aromatic nitrogens is 4. The van der Waals surface area contributed by atoms with Gasteiger partial charge in [0, 0.05) is 19.4 Å². The van der Waals surface area contributed by atoms with E-state index in [2.05, 4.69) is 15.4 Å². The minimum absolute atomic E-state index is 0.209. The van der Waals surface area contributed by atoms with Crippen LogP contribution in [-0.2, 0) is 13.6 Å². The SMILES string of the molecule is Cn1ncc(C(=O)NCc2ccc(-c3nc4ccccc4s3)o2)c1-n1cccc1. The number of nitrogens with zero attached hydrogens (tertiary/aromatic N) is 4. The minimum atomic E-state index is -0.209. The molecule has 0 spiro atoms. The summed E-state index contributed by atoms with van der Waals surface area (Å²) in [7, 11) is 1.81. The van der Waals surface area contributed by atoms with E-state index in [4.69, 9.17) is 4.42 Å². The monoisotopic (exact) mass is 403 g/mol. The number of para-hydroxylation sites is 1. The van der Waals surface area contributed by atoms with E-state index >= 15 is 0 Å². The third-order valence-corrected chi connectivity index (χ3v) is 5.64. The average Bonchev–Trinajstić information content (AvgIpc) is 3.51. The second kappa shape index (κ2) is 7.06. The fourth-order valence-electron chi connectivity index (χ4n) is 3.20. The molecular formula is C21H17N5O2S. The Hall–Kier alpha value is -3.65. The van der Waals surface area contributed by atoms with E-state index in [1.165, 1.54) is 0 Å². The second-order valence-electron chi connectivity index (χ2n) is 6.53. The predicted molar refractivity (Wildman–Crippen MR) is 111 cm³/mol. The molecule has 0 unspecified atom stereocenters. The van der Waals surface area contributed by atoms with Gasteiger partial charge in [-0.3, -0.25) is 9.48 Å². The first-order valence-electron chi connectivity index (χ1n) is 9.07. The van der Waals surface area contributed by atoms with Crippen molar-refractivity contribution in [3.8, 4) is 16.6 Å². The number of carbonyl (C=O) groups excluding carboxylic acids is 1. The van der Waals surface area contributed by atoms with Crippen LogP contribution >= 0.6 is 11.3 Å². The van der Waals surface area contributed by atoms with E-state index in [0.717, 1.165) is 15.2 Å². The highest BCUT2D eigenvalue weighted by Crippen LogP contribution is 2.31. The molecule has 7 nitrogen and oxygen atoms in total. The maximum absolute atomic E-state index is 12.7. The van der Waals surface area contributed by atoms with Crippen LogP contribution in [0.2, 0.25) is 0 Å². The fourth-order valence-corrected chi connectivity index (χ4v) is 4.13. The summed E-state index contributed by atoms with van der Waals surface area (Å²) in [6.07, 6.45) is 5.33. The van der Waals surface area contributed by atoms with Crippen LogP contribution in [0.1, 0.15) is 16.1 Å². The van der Waals surface area contributed by atoms with Gasteiger partial charge in [0.25, 0.3) is 5.91 Å². The lowest BCUT2D eigenvalue weighted by Gasteiger charge is -2.07. The van der Waals surface area contributed by atoms with E-state index in [1.54, 1.807) is 22.2 Å². The van der Waals surface area contributed by atoms with Gasteiger partial charge in [-0.1, -0.05) is 12.1 Å². The summed E-state index contributed by atoms with van der Waals surface area (Å²) in [5.74, 6) is 1.87. The summed E-state index contributed by atoms with van der Waals surface area (Å²) in [4.78, 5) is 17.3. The Bertz CT molecular complexity index is 1260. The van der Waals surface area contributed by atoms with Crippen molar-refractivity contribution >= 4 is 27.5 Å². The first-order chi connectivity index (χ1) is 14.2. The van der Waals surface area contributed by atoms with E-state index in [1.807, 2.05) is 72.5 Å². The largest absolute Gasteiger partial charge is 0.457 e. The van der Waals surface area contributed by atoms with Crippen LogP contribution in [-0.4, -0.2) is 25.2 Å². The minimum Gasteiger partial charge on any atom is -0.457 e. The maximum Gasteiger partial charge on any atom is 0.257 e. The van der Waals surface area contributed by atoms with Gasteiger partial charge in [0.2, 0.25) is 0 Å². The lowest BCUT2D eigenvalue weighted by Crippen LogP contribution is -2.23. The molecular weight excluding hydrogens is 386 g/mol. The van der Waals surface area contributed by atoms with Crippen molar-refractivity contribution in [2.75, 3.05) is 0 Å². The highest BCUT2D eigenvalue weighted by atomic mass is 32.1. The van der Waals surface area contributed by atoms with Crippen molar-refractivity contribution in [2.24, 2.45) is 7.05 Å². The Morgan fingerprint density at radius 3 is 2.79 bits per heavy atom. The van der Waals surface area contributed by atoms with E-state index in [0.29, 0.717) is 22.9 Å². The van der Waals surface area contributed by atoms with Gasteiger partial charge in [0.15, 0.2) is 10.8 Å². The molecule has 0 atom stereocenters. The Labute approximate surface area is 170 Å². The number of aryl methyl sites for hydroxylation is 1. The normalized spacial score (nSPS) is 11.2. The zero-order valence-electron chi connectivity index (χ0n) is 15.6. The molecule has 144 valence electrons. The van der Waals surface area contributed by atoms with Crippen LogP contribution < -0.4 is 5.32 Å². The lowest BCUT2D eigenvalue weighted by atomic mass is 10.3. The number of fused-ring (bicyclic) bond motifs is 1. The third-order valence-electron chi connectivity index (χ3n) is 4.59.